The van der Waals surface area contributed by atoms with Crippen molar-refractivity contribution in [1.29, 1.82) is 0 Å². The summed E-state index contributed by atoms with van der Waals surface area (Å²) in [6.07, 6.45) is 5.17. The summed E-state index contributed by atoms with van der Waals surface area (Å²) in [5.41, 5.74) is 0. The van der Waals surface area contributed by atoms with Crippen LogP contribution in [0.15, 0.2) is 60.7 Å². The fourth-order valence-electron chi connectivity index (χ4n) is 3.07. The fraction of sp³-hybridized carbons (Fsp3) is 0.333. The topological polar surface area (TPSA) is 0 Å². The Morgan fingerprint density at radius 1 is 0.810 bits per heavy atom. The van der Waals surface area contributed by atoms with E-state index < -0.39 is 8.80 Å². The Labute approximate surface area is 138 Å². The van der Waals surface area contributed by atoms with Gasteiger partial charge in [0.2, 0.25) is 0 Å². The standard InChI is InChI=1S/C18H25ClSi2/c19-15-9-3-8-14-18(20)21(16-10-4-1-5-11-16)17-12-6-2-7-13-17/h1-2,4-7,10-13,18,21H,3,8-9,14-15H2,20H3/t18-/m1/s1. The molecule has 0 amide bonds. The van der Waals surface area contributed by atoms with Crippen molar-refractivity contribution in [2.75, 3.05) is 5.88 Å². The van der Waals surface area contributed by atoms with Crippen molar-refractivity contribution >= 4 is 41.0 Å². The summed E-state index contributed by atoms with van der Waals surface area (Å²) >= 11 is 5.79. The molecule has 0 aliphatic carbocycles. The van der Waals surface area contributed by atoms with E-state index in [4.69, 9.17) is 11.6 Å². The van der Waals surface area contributed by atoms with Crippen LogP contribution in [-0.4, -0.2) is 24.9 Å². The summed E-state index contributed by atoms with van der Waals surface area (Å²) in [6, 6.07) is 22.4. The maximum absolute atomic E-state index is 5.79. The van der Waals surface area contributed by atoms with Crippen molar-refractivity contribution in [2.24, 2.45) is 0 Å². The van der Waals surface area contributed by atoms with Crippen molar-refractivity contribution in [3.05, 3.63) is 60.7 Å². The van der Waals surface area contributed by atoms with Gasteiger partial charge in [0.15, 0.2) is 0 Å². The summed E-state index contributed by atoms with van der Waals surface area (Å²) < 4.78 is 0. The lowest BCUT2D eigenvalue weighted by Crippen LogP contribution is -2.46. The van der Waals surface area contributed by atoms with E-state index in [1.807, 2.05) is 0 Å². The van der Waals surface area contributed by atoms with Crippen molar-refractivity contribution < 1.29 is 0 Å². The first-order valence-corrected chi connectivity index (χ1v) is 11.5. The highest BCUT2D eigenvalue weighted by atomic mass is 35.5. The van der Waals surface area contributed by atoms with Gasteiger partial charge in [0.05, 0.1) is 0 Å². The van der Waals surface area contributed by atoms with Crippen LogP contribution in [0.3, 0.4) is 0 Å². The molecule has 2 rings (SSSR count). The molecule has 0 nitrogen and oxygen atoms in total. The molecule has 2 aromatic rings. The highest BCUT2D eigenvalue weighted by molar-refractivity contribution is 6.90. The Bertz CT molecular complexity index is 462. The highest BCUT2D eigenvalue weighted by Gasteiger charge is 2.22. The molecule has 21 heavy (non-hydrogen) atoms. The third-order valence-electron chi connectivity index (χ3n) is 4.18. The molecule has 0 saturated heterocycles. The van der Waals surface area contributed by atoms with E-state index in [1.54, 1.807) is 10.4 Å². The summed E-state index contributed by atoms with van der Waals surface area (Å²) in [7, 11) is 0.222. The van der Waals surface area contributed by atoms with Crippen molar-refractivity contribution in [2.45, 2.75) is 30.8 Å². The van der Waals surface area contributed by atoms with Gasteiger partial charge in [-0.3, -0.25) is 0 Å². The maximum Gasteiger partial charge on any atom is 0.102 e. The van der Waals surface area contributed by atoms with Crippen LogP contribution in [0, 0.1) is 0 Å². The van der Waals surface area contributed by atoms with Crippen LogP contribution >= 0.6 is 11.6 Å². The van der Waals surface area contributed by atoms with E-state index in [1.165, 1.54) is 35.9 Å². The molecule has 0 aromatic heterocycles. The van der Waals surface area contributed by atoms with Crippen LogP contribution in [-0.2, 0) is 0 Å². The number of benzene rings is 2. The molecule has 0 heterocycles. The van der Waals surface area contributed by atoms with Crippen LogP contribution in [0.4, 0.5) is 0 Å². The van der Waals surface area contributed by atoms with Gasteiger partial charge in [-0.05, 0) is 6.42 Å². The maximum atomic E-state index is 5.79. The first-order chi connectivity index (χ1) is 10.3. The van der Waals surface area contributed by atoms with Crippen molar-refractivity contribution in [1.82, 2.24) is 0 Å². The zero-order valence-electron chi connectivity index (χ0n) is 12.8. The molecular formula is C18H25ClSi2. The van der Waals surface area contributed by atoms with Crippen LogP contribution < -0.4 is 10.4 Å². The molecule has 0 N–H and O–H groups in total. The number of halogens is 1. The van der Waals surface area contributed by atoms with E-state index in [0.717, 1.165) is 11.0 Å². The predicted molar refractivity (Wildman–Crippen MR) is 102 cm³/mol. The van der Waals surface area contributed by atoms with Gasteiger partial charge in [-0.2, -0.15) is 0 Å². The molecular weight excluding hydrogens is 308 g/mol. The largest absolute Gasteiger partial charge is 0.127 e. The molecule has 112 valence electrons. The number of alkyl halides is 1. The first kappa shape index (κ1) is 16.5. The van der Waals surface area contributed by atoms with Crippen LogP contribution in [0.1, 0.15) is 25.7 Å². The van der Waals surface area contributed by atoms with Gasteiger partial charge in [-0.15, -0.1) is 11.6 Å². The summed E-state index contributed by atoms with van der Waals surface area (Å²) in [6.45, 7) is 0. The molecule has 0 spiro atoms. The second kappa shape index (κ2) is 9.24. The Balaban J connectivity index is 2.13. The number of unbranched alkanes of at least 4 members (excludes halogenated alkanes) is 2. The van der Waals surface area contributed by atoms with Gasteiger partial charge < -0.3 is 0 Å². The molecule has 3 heteroatoms. The number of hydrogen-bond donors (Lipinski definition) is 0. The summed E-state index contributed by atoms with van der Waals surface area (Å²) in [5, 5.41) is 4.12. The number of hydrogen-bond acceptors (Lipinski definition) is 0. The molecule has 0 aliphatic heterocycles. The van der Waals surface area contributed by atoms with Crippen LogP contribution in [0.25, 0.3) is 0 Å². The molecule has 1 atom stereocenters. The van der Waals surface area contributed by atoms with Crippen molar-refractivity contribution in [3.63, 3.8) is 0 Å². The molecule has 0 fully saturated rings. The van der Waals surface area contributed by atoms with E-state index in [9.17, 15) is 0 Å². The zero-order valence-corrected chi connectivity index (χ0v) is 16.8. The van der Waals surface area contributed by atoms with Gasteiger partial charge in [-0.25, -0.2) is 0 Å². The SMILES string of the molecule is [SiH3][C@@H](CCCCCCl)[SiH](c1ccccc1)c1ccccc1. The summed E-state index contributed by atoms with van der Waals surface area (Å²) in [4.78, 5) is 0. The van der Waals surface area contributed by atoms with E-state index in [-0.39, 0.29) is 0 Å². The van der Waals surface area contributed by atoms with Crippen LogP contribution in [0.5, 0.6) is 0 Å². The lowest BCUT2D eigenvalue weighted by atomic mass is 10.2. The average molecular weight is 333 g/mol. The molecule has 0 aliphatic rings. The third-order valence-corrected chi connectivity index (χ3v) is 10.7. The van der Waals surface area contributed by atoms with Crippen molar-refractivity contribution in [3.8, 4) is 0 Å². The molecule has 0 bridgehead atoms. The quantitative estimate of drug-likeness (QED) is 0.396. The number of rotatable bonds is 8. The van der Waals surface area contributed by atoms with Gasteiger partial charge in [0.1, 0.15) is 8.80 Å². The van der Waals surface area contributed by atoms with Gasteiger partial charge in [0, 0.05) is 16.1 Å². The van der Waals surface area contributed by atoms with E-state index in [0.29, 0.717) is 0 Å². The third kappa shape index (κ3) is 5.13. The van der Waals surface area contributed by atoms with Gasteiger partial charge >= 0.3 is 0 Å². The first-order valence-electron chi connectivity index (χ1n) is 7.98. The lowest BCUT2D eigenvalue weighted by molar-refractivity contribution is 0.689. The van der Waals surface area contributed by atoms with Crippen LogP contribution in [0.2, 0.25) is 5.16 Å². The monoisotopic (exact) mass is 332 g/mol. The van der Waals surface area contributed by atoms with Gasteiger partial charge in [-0.1, -0.05) is 95.5 Å². The Kier molecular flexibility index (Phi) is 7.27. The lowest BCUT2D eigenvalue weighted by Gasteiger charge is -2.23. The molecule has 0 unspecified atom stereocenters. The minimum atomic E-state index is -1.07. The minimum Gasteiger partial charge on any atom is -0.127 e. The highest BCUT2D eigenvalue weighted by Crippen LogP contribution is 2.16. The van der Waals surface area contributed by atoms with Gasteiger partial charge in [0.25, 0.3) is 0 Å². The Morgan fingerprint density at radius 2 is 1.33 bits per heavy atom. The second-order valence-electron chi connectivity index (χ2n) is 5.81. The molecule has 2 aromatic carbocycles. The van der Waals surface area contributed by atoms with E-state index >= 15 is 0 Å². The minimum absolute atomic E-state index is 0.810. The zero-order chi connectivity index (χ0) is 14.9. The molecule has 0 saturated carbocycles. The predicted octanol–water partition coefficient (Wildman–Crippen LogP) is 2.52. The smallest absolute Gasteiger partial charge is 0.102 e. The summed E-state index contributed by atoms with van der Waals surface area (Å²) in [5.74, 6) is 0.810. The Hall–Kier alpha value is -0.836. The van der Waals surface area contributed by atoms with E-state index in [2.05, 4.69) is 60.7 Å². The molecule has 0 radical (unpaired) electrons. The Morgan fingerprint density at radius 3 is 1.81 bits per heavy atom. The normalized spacial score (nSPS) is 12.7. The average Bonchev–Trinajstić information content (AvgIpc) is 2.54. The fourth-order valence-corrected chi connectivity index (χ4v) is 9.52. The second-order valence-corrected chi connectivity index (χ2v) is 12.4.